The number of rotatable bonds is 10. The fraction of sp³-hybridized carbons (Fsp3) is 0.375. The van der Waals surface area contributed by atoms with Crippen molar-refractivity contribution in [2.45, 2.75) is 45.8 Å². The number of benzene rings is 3. The summed E-state index contributed by atoms with van der Waals surface area (Å²) >= 11 is 6.39. The summed E-state index contributed by atoms with van der Waals surface area (Å²) < 4.78 is 2.39. The van der Waals surface area contributed by atoms with Gasteiger partial charge in [-0.15, -0.1) is 0 Å². The second-order valence-corrected chi connectivity index (χ2v) is 10.7. The molecule has 0 atom stereocenters. The van der Waals surface area contributed by atoms with Crippen molar-refractivity contribution in [2.75, 3.05) is 32.7 Å². The number of aromatic nitrogens is 1. The van der Waals surface area contributed by atoms with Crippen LogP contribution in [-0.4, -0.2) is 47.1 Å². The van der Waals surface area contributed by atoms with E-state index in [1.165, 1.54) is 38.7 Å². The monoisotopic (exact) mass is 514 g/mol. The van der Waals surface area contributed by atoms with Gasteiger partial charge in [-0.05, 0) is 59.8 Å². The molecule has 4 aromatic rings. The van der Waals surface area contributed by atoms with E-state index in [0.29, 0.717) is 6.54 Å². The normalized spacial score (nSPS) is 15.0. The number of piperazine rings is 1. The molecule has 194 valence electrons. The number of nitrogens with two attached hydrogens (primary N) is 1. The van der Waals surface area contributed by atoms with E-state index in [1.54, 1.807) is 0 Å². The fourth-order valence-corrected chi connectivity index (χ4v) is 5.73. The summed E-state index contributed by atoms with van der Waals surface area (Å²) in [4.78, 5) is 5.09. The molecular weight excluding hydrogens is 476 g/mol. The molecule has 1 aliphatic heterocycles. The maximum atomic E-state index is 6.39. The lowest BCUT2D eigenvalue weighted by molar-refractivity contribution is 0.122. The summed E-state index contributed by atoms with van der Waals surface area (Å²) in [5.74, 6) is 0. The Morgan fingerprint density at radius 1 is 0.838 bits per heavy atom. The Balaban J connectivity index is 1.33. The maximum Gasteiger partial charge on any atom is 0.0486 e. The van der Waals surface area contributed by atoms with Crippen LogP contribution in [-0.2, 0) is 26.1 Å². The third-order valence-corrected chi connectivity index (χ3v) is 7.92. The Morgan fingerprint density at radius 3 is 2.38 bits per heavy atom. The lowest BCUT2D eigenvalue weighted by atomic mass is 9.99. The van der Waals surface area contributed by atoms with Gasteiger partial charge in [-0.1, -0.05) is 73.5 Å². The van der Waals surface area contributed by atoms with Crippen LogP contribution in [0.25, 0.3) is 22.0 Å². The highest BCUT2D eigenvalue weighted by Crippen LogP contribution is 2.33. The fourth-order valence-electron chi connectivity index (χ4n) is 5.53. The van der Waals surface area contributed by atoms with Crippen molar-refractivity contribution in [1.29, 1.82) is 0 Å². The molecule has 1 saturated heterocycles. The zero-order valence-corrected chi connectivity index (χ0v) is 22.8. The van der Waals surface area contributed by atoms with Crippen LogP contribution in [0.5, 0.6) is 0 Å². The third-order valence-electron chi connectivity index (χ3n) is 7.55. The number of hydrogen-bond donors (Lipinski definition) is 1. The van der Waals surface area contributed by atoms with Gasteiger partial charge < -0.3 is 10.3 Å². The largest absolute Gasteiger partial charge is 0.347 e. The van der Waals surface area contributed by atoms with Crippen LogP contribution in [0.15, 0.2) is 72.9 Å². The van der Waals surface area contributed by atoms with Crippen molar-refractivity contribution in [2.24, 2.45) is 5.73 Å². The Hall–Kier alpha value is -2.63. The minimum atomic E-state index is 0.710. The molecule has 3 aromatic carbocycles. The molecule has 0 saturated carbocycles. The average Bonchev–Trinajstić information content (AvgIpc) is 3.28. The van der Waals surface area contributed by atoms with Gasteiger partial charge in [0.1, 0.15) is 0 Å². The topological polar surface area (TPSA) is 37.4 Å². The summed E-state index contributed by atoms with van der Waals surface area (Å²) in [6.45, 7) is 10.1. The van der Waals surface area contributed by atoms with Gasteiger partial charge in [-0.3, -0.25) is 9.80 Å². The third kappa shape index (κ3) is 6.27. The molecule has 5 rings (SSSR count). The molecule has 0 unspecified atom stereocenters. The summed E-state index contributed by atoms with van der Waals surface area (Å²) in [5, 5.41) is 2.22. The highest BCUT2D eigenvalue weighted by Gasteiger charge is 2.19. The van der Waals surface area contributed by atoms with Crippen LogP contribution < -0.4 is 5.73 Å². The molecule has 37 heavy (non-hydrogen) atoms. The van der Waals surface area contributed by atoms with Crippen molar-refractivity contribution in [1.82, 2.24) is 14.4 Å². The van der Waals surface area contributed by atoms with E-state index < -0.39 is 0 Å². The quantitative estimate of drug-likeness (QED) is 0.259. The molecule has 0 amide bonds. The molecule has 0 aliphatic carbocycles. The minimum Gasteiger partial charge on any atom is -0.347 e. The number of halogens is 1. The van der Waals surface area contributed by atoms with Gasteiger partial charge in [0.05, 0.1) is 0 Å². The molecular formula is C32H39ClN4. The van der Waals surface area contributed by atoms with Gasteiger partial charge in [0.15, 0.2) is 0 Å². The van der Waals surface area contributed by atoms with Crippen LogP contribution >= 0.6 is 11.6 Å². The molecule has 2 N–H and O–H groups in total. The van der Waals surface area contributed by atoms with E-state index in [1.807, 2.05) is 12.1 Å². The van der Waals surface area contributed by atoms with Crippen molar-refractivity contribution < 1.29 is 0 Å². The predicted molar refractivity (Wildman–Crippen MR) is 157 cm³/mol. The zero-order valence-electron chi connectivity index (χ0n) is 22.0. The molecule has 5 heteroatoms. The van der Waals surface area contributed by atoms with E-state index >= 15 is 0 Å². The molecule has 2 heterocycles. The van der Waals surface area contributed by atoms with Gasteiger partial charge in [0.2, 0.25) is 0 Å². The van der Waals surface area contributed by atoms with Crippen LogP contribution in [0.1, 0.15) is 36.5 Å². The van der Waals surface area contributed by atoms with Crippen LogP contribution in [0.3, 0.4) is 0 Å². The smallest absolute Gasteiger partial charge is 0.0486 e. The SMILES string of the molecule is CCCc1cccc(-c2cn(CCCN)c3ccc(CN4CCN(Cc5ccccc5Cl)CC4)cc23)c1. The van der Waals surface area contributed by atoms with Crippen LogP contribution in [0, 0.1) is 0 Å². The maximum absolute atomic E-state index is 6.39. The highest BCUT2D eigenvalue weighted by molar-refractivity contribution is 6.31. The van der Waals surface area contributed by atoms with E-state index in [2.05, 4.69) is 82.1 Å². The van der Waals surface area contributed by atoms with Crippen LogP contribution in [0.2, 0.25) is 5.02 Å². The number of aryl methyl sites for hydroxylation is 2. The van der Waals surface area contributed by atoms with Crippen LogP contribution in [0.4, 0.5) is 0 Å². The highest BCUT2D eigenvalue weighted by atomic mass is 35.5. The Labute approximate surface area is 226 Å². The van der Waals surface area contributed by atoms with Gasteiger partial charge in [0.25, 0.3) is 0 Å². The van der Waals surface area contributed by atoms with E-state index in [-0.39, 0.29) is 0 Å². The van der Waals surface area contributed by atoms with Gasteiger partial charge >= 0.3 is 0 Å². The van der Waals surface area contributed by atoms with Crippen molar-refractivity contribution in [3.63, 3.8) is 0 Å². The molecule has 1 fully saturated rings. The lowest BCUT2D eigenvalue weighted by Gasteiger charge is -2.35. The lowest BCUT2D eigenvalue weighted by Crippen LogP contribution is -2.45. The zero-order chi connectivity index (χ0) is 25.6. The summed E-state index contributed by atoms with van der Waals surface area (Å²) in [6.07, 6.45) is 5.60. The average molecular weight is 515 g/mol. The minimum absolute atomic E-state index is 0.710. The molecule has 1 aromatic heterocycles. The van der Waals surface area contributed by atoms with E-state index in [9.17, 15) is 0 Å². The number of nitrogens with zero attached hydrogens (tertiary/aromatic N) is 3. The number of fused-ring (bicyclic) bond motifs is 1. The first-order chi connectivity index (χ1) is 18.1. The molecule has 1 aliphatic rings. The van der Waals surface area contributed by atoms with Gasteiger partial charge in [-0.2, -0.15) is 0 Å². The molecule has 0 radical (unpaired) electrons. The Kier molecular flexibility index (Phi) is 8.62. The van der Waals surface area contributed by atoms with Crippen molar-refractivity contribution >= 4 is 22.5 Å². The molecule has 0 bridgehead atoms. The van der Waals surface area contributed by atoms with Crippen molar-refractivity contribution in [3.05, 3.63) is 94.6 Å². The van der Waals surface area contributed by atoms with E-state index in [4.69, 9.17) is 17.3 Å². The van der Waals surface area contributed by atoms with E-state index in [0.717, 1.165) is 70.1 Å². The summed E-state index contributed by atoms with van der Waals surface area (Å²) in [5.41, 5.74) is 13.8. The first kappa shape index (κ1) is 26.0. The Bertz CT molecular complexity index is 1320. The summed E-state index contributed by atoms with van der Waals surface area (Å²) in [6, 6.07) is 24.3. The predicted octanol–water partition coefficient (Wildman–Crippen LogP) is 6.58. The molecule has 4 nitrogen and oxygen atoms in total. The van der Waals surface area contributed by atoms with Gasteiger partial charge in [-0.25, -0.2) is 0 Å². The standard InChI is InChI=1S/C32H39ClN4/c1-2-7-25-8-5-10-27(20-25)30-24-37(15-6-14-34)32-13-12-26(21-29(30)32)22-35-16-18-36(19-17-35)23-28-9-3-4-11-31(28)33/h3-5,8-13,20-21,24H,2,6-7,14-19,22-23,34H2,1H3. The first-order valence-electron chi connectivity index (χ1n) is 13.7. The summed E-state index contributed by atoms with van der Waals surface area (Å²) in [7, 11) is 0. The second kappa shape index (κ2) is 12.3. The Morgan fingerprint density at radius 2 is 1.62 bits per heavy atom. The van der Waals surface area contributed by atoms with Crippen molar-refractivity contribution in [3.8, 4) is 11.1 Å². The first-order valence-corrected chi connectivity index (χ1v) is 14.1. The van der Waals surface area contributed by atoms with Gasteiger partial charge in [0, 0.05) is 73.5 Å². The molecule has 0 spiro atoms. The number of hydrogen-bond acceptors (Lipinski definition) is 3. The second-order valence-electron chi connectivity index (χ2n) is 10.3.